The third kappa shape index (κ3) is 6.05. The monoisotopic (exact) mass is 562 g/mol. The molecular weight excluding hydrogens is 528 g/mol. The lowest BCUT2D eigenvalue weighted by molar-refractivity contribution is 0.0636. The second kappa shape index (κ2) is 10.9. The van der Waals surface area contributed by atoms with Crippen molar-refractivity contribution >= 4 is 57.3 Å². The number of benzene rings is 2. The molecule has 2 aromatic carbocycles. The van der Waals surface area contributed by atoms with Crippen molar-refractivity contribution in [1.82, 2.24) is 4.98 Å². The van der Waals surface area contributed by atoms with E-state index in [2.05, 4.69) is 50.4 Å². The van der Waals surface area contributed by atoms with Gasteiger partial charge in [0.2, 0.25) is 0 Å². The first kappa shape index (κ1) is 28.5. The molecule has 2 N–H and O–H groups in total. The number of nitrogens with one attached hydrogen (secondary N) is 1. The Morgan fingerprint density at radius 3 is 1.95 bits per heavy atom. The number of aromatic nitrogens is 1. The summed E-state index contributed by atoms with van der Waals surface area (Å²) in [5.41, 5.74) is -0.0428. The zero-order valence-electron chi connectivity index (χ0n) is 23.1. The van der Waals surface area contributed by atoms with Gasteiger partial charge in [0.25, 0.3) is 8.32 Å². The largest absolute Gasteiger partial charge is 0.478 e. The van der Waals surface area contributed by atoms with E-state index in [0.29, 0.717) is 15.9 Å². The van der Waals surface area contributed by atoms with Crippen molar-refractivity contribution in [3.63, 3.8) is 0 Å². The Hall–Kier alpha value is -3.53. The quantitative estimate of drug-likeness (QED) is 0.252. The zero-order valence-corrected chi connectivity index (χ0v) is 24.9. The average Bonchev–Trinajstić information content (AvgIpc) is 3.20. The molecule has 9 heteroatoms. The number of pyridine rings is 1. The number of rotatable bonds is 7. The van der Waals surface area contributed by atoms with E-state index in [1.54, 1.807) is 32.9 Å². The topological polar surface area (TPSA) is 97.8 Å². The maximum Gasteiger partial charge on any atom is 0.412 e. The molecule has 0 aliphatic rings. The molecule has 0 spiro atoms. The van der Waals surface area contributed by atoms with E-state index in [-0.39, 0.29) is 22.2 Å². The molecule has 4 aromatic rings. The number of hydrogen-bond acceptors (Lipinski definition) is 6. The summed E-state index contributed by atoms with van der Waals surface area (Å²) in [6.07, 6.45) is -0.716. The van der Waals surface area contributed by atoms with Crippen LogP contribution >= 0.6 is 11.3 Å². The molecule has 2 heterocycles. The first-order valence-electron chi connectivity index (χ1n) is 12.7. The van der Waals surface area contributed by atoms with Crippen molar-refractivity contribution in [3.8, 4) is 0 Å². The Morgan fingerprint density at radius 1 is 0.897 bits per heavy atom. The number of carboxylic acids is 1. The third-order valence-electron chi connectivity index (χ3n) is 6.29. The normalized spacial score (nSPS) is 12.4. The van der Waals surface area contributed by atoms with E-state index in [4.69, 9.17) is 14.1 Å². The molecule has 0 saturated heterocycles. The van der Waals surface area contributed by atoms with Gasteiger partial charge in [-0.05, 0) is 48.3 Å². The molecular formula is C30H34N2O5SSi. The first-order chi connectivity index (χ1) is 18.3. The molecule has 0 fully saturated rings. The Bertz CT molecular complexity index is 1440. The molecule has 0 aliphatic carbocycles. The van der Waals surface area contributed by atoms with Gasteiger partial charge in [0.05, 0.1) is 12.3 Å². The standard InChI is InChI=1S/C30H34N2O5SSi/c1-29(2,3)37-28(35)32-26-24(27(33)34)23-18-17-20(31-25(23)38-26)19-36-39(30(4,5)6,21-13-9-7-10-14-21)22-15-11-8-12-16-22/h7-18H,19H2,1-6H3,(H,32,35)(H,33,34). The van der Waals surface area contributed by atoms with Gasteiger partial charge in [-0.25, -0.2) is 14.6 Å². The number of carbonyl (C=O) groups excluding carboxylic acids is 1. The Balaban J connectivity index is 1.72. The van der Waals surface area contributed by atoms with E-state index in [1.165, 1.54) is 0 Å². The highest BCUT2D eigenvalue weighted by molar-refractivity contribution is 7.23. The first-order valence-corrected chi connectivity index (χ1v) is 15.4. The summed E-state index contributed by atoms with van der Waals surface area (Å²) in [5.74, 6) is -1.15. The van der Waals surface area contributed by atoms with Gasteiger partial charge >= 0.3 is 12.1 Å². The molecule has 7 nitrogen and oxygen atoms in total. The molecule has 0 atom stereocenters. The molecule has 0 saturated carbocycles. The SMILES string of the molecule is CC(C)(C)OC(=O)Nc1sc2nc(CO[Si](c3ccccc3)(c3ccccc3)C(C)(C)C)ccc2c1C(=O)O. The van der Waals surface area contributed by atoms with Crippen LogP contribution in [0.5, 0.6) is 0 Å². The summed E-state index contributed by atoms with van der Waals surface area (Å²) in [7, 11) is -2.77. The lowest BCUT2D eigenvalue weighted by atomic mass is 10.2. The second-order valence-electron chi connectivity index (χ2n) is 11.3. The highest BCUT2D eigenvalue weighted by Gasteiger charge is 2.50. The molecule has 4 rings (SSSR count). The highest BCUT2D eigenvalue weighted by atomic mass is 32.1. The van der Waals surface area contributed by atoms with Gasteiger partial charge in [0.1, 0.15) is 21.0 Å². The van der Waals surface area contributed by atoms with Crippen LogP contribution in [0.4, 0.5) is 9.80 Å². The highest BCUT2D eigenvalue weighted by Crippen LogP contribution is 2.38. The number of thiophene rings is 1. The van der Waals surface area contributed by atoms with E-state index >= 15 is 0 Å². The van der Waals surface area contributed by atoms with Crippen molar-refractivity contribution in [1.29, 1.82) is 0 Å². The molecule has 0 radical (unpaired) electrons. The van der Waals surface area contributed by atoms with Gasteiger partial charge in [0, 0.05) is 5.39 Å². The minimum absolute atomic E-state index is 0.00666. The van der Waals surface area contributed by atoms with E-state index in [0.717, 1.165) is 21.7 Å². The lowest BCUT2D eigenvalue weighted by Gasteiger charge is -2.43. The number of anilines is 1. The number of amides is 1. The van der Waals surface area contributed by atoms with Crippen LogP contribution in [0.1, 0.15) is 57.6 Å². The smallest absolute Gasteiger partial charge is 0.412 e. The van der Waals surface area contributed by atoms with E-state index in [1.807, 2.05) is 36.4 Å². The second-order valence-corrected chi connectivity index (χ2v) is 16.7. The van der Waals surface area contributed by atoms with Crippen molar-refractivity contribution < 1.29 is 23.9 Å². The van der Waals surface area contributed by atoms with Crippen LogP contribution in [0.25, 0.3) is 10.2 Å². The third-order valence-corrected chi connectivity index (χ3v) is 12.3. The number of fused-ring (bicyclic) bond motifs is 1. The Morgan fingerprint density at radius 2 is 1.46 bits per heavy atom. The summed E-state index contributed by atoms with van der Waals surface area (Å²) in [5, 5.41) is 15.3. The van der Waals surface area contributed by atoms with Crippen molar-refractivity contribution in [2.75, 3.05) is 5.32 Å². The summed E-state index contributed by atoms with van der Waals surface area (Å²) in [6, 6.07) is 24.2. The van der Waals surface area contributed by atoms with Crippen LogP contribution in [0.2, 0.25) is 5.04 Å². The minimum atomic E-state index is -2.77. The maximum atomic E-state index is 12.4. The lowest BCUT2D eigenvalue weighted by Crippen LogP contribution is -2.66. The maximum absolute atomic E-state index is 12.4. The van der Waals surface area contributed by atoms with Gasteiger partial charge in [-0.3, -0.25) is 5.32 Å². The Kier molecular flexibility index (Phi) is 7.97. The van der Waals surface area contributed by atoms with E-state index in [9.17, 15) is 14.7 Å². The molecule has 0 bridgehead atoms. The fourth-order valence-corrected chi connectivity index (χ4v) is 10.3. The predicted octanol–water partition coefficient (Wildman–Crippen LogP) is 6.42. The number of nitrogens with zero attached hydrogens (tertiary/aromatic N) is 1. The fraction of sp³-hybridized carbons (Fsp3) is 0.300. The van der Waals surface area contributed by atoms with Gasteiger partial charge in [0.15, 0.2) is 0 Å². The molecule has 204 valence electrons. The number of hydrogen-bond donors (Lipinski definition) is 2. The van der Waals surface area contributed by atoms with Gasteiger partial charge in [-0.2, -0.15) is 0 Å². The number of carboxylic acid groups (broad SMARTS) is 1. The summed E-state index contributed by atoms with van der Waals surface area (Å²) in [6.45, 7) is 12.1. The van der Waals surface area contributed by atoms with Crippen LogP contribution in [-0.4, -0.2) is 36.1 Å². The van der Waals surface area contributed by atoms with Crippen molar-refractivity contribution in [2.45, 2.75) is 58.8 Å². The van der Waals surface area contributed by atoms with Crippen LogP contribution in [0.3, 0.4) is 0 Å². The molecule has 2 aromatic heterocycles. The molecule has 0 unspecified atom stereocenters. The Labute approximate surface area is 234 Å². The van der Waals surface area contributed by atoms with Gasteiger partial charge in [-0.15, -0.1) is 0 Å². The van der Waals surface area contributed by atoms with Gasteiger partial charge < -0.3 is 14.3 Å². The van der Waals surface area contributed by atoms with Crippen molar-refractivity contribution in [3.05, 3.63) is 84.1 Å². The molecule has 39 heavy (non-hydrogen) atoms. The molecule has 1 amide bonds. The minimum Gasteiger partial charge on any atom is -0.478 e. The average molecular weight is 563 g/mol. The number of ether oxygens (including phenoxy) is 1. The van der Waals surface area contributed by atoms with Crippen LogP contribution in [-0.2, 0) is 15.8 Å². The van der Waals surface area contributed by atoms with E-state index < -0.39 is 26.0 Å². The van der Waals surface area contributed by atoms with Gasteiger partial charge in [-0.1, -0.05) is 92.8 Å². The summed E-state index contributed by atoms with van der Waals surface area (Å²) >= 11 is 1.10. The van der Waals surface area contributed by atoms with Crippen LogP contribution in [0.15, 0.2) is 72.8 Å². The summed E-state index contributed by atoms with van der Waals surface area (Å²) in [4.78, 5) is 29.7. The van der Waals surface area contributed by atoms with Crippen molar-refractivity contribution in [2.24, 2.45) is 0 Å². The number of aromatic carboxylic acids is 1. The summed E-state index contributed by atoms with van der Waals surface area (Å²) < 4.78 is 12.3. The van der Waals surface area contributed by atoms with Crippen LogP contribution < -0.4 is 15.7 Å². The predicted molar refractivity (Wildman–Crippen MR) is 159 cm³/mol. The number of carbonyl (C=O) groups is 2. The molecule has 0 aliphatic heterocycles. The fourth-order valence-electron chi connectivity index (χ4n) is 4.74. The zero-order chi connectivity index (χ0) is 28.4. The van der Waals surface area contributed by atoms with Crippen LogP contribution in [0, 0.1) is 0 Å².